The Bertz CT molecular complexity index is 748. The molecule has 0 unspecified atom stereocenters. The van der Waals surface area contributed by atoms with Crippen LogP contribution in [0, 0.1) is 5.92 Å². The second-order valence-corrected chi connectivity index (χ2v) is 5.87. The molecule has 126 valence electrons. The van der Waals surface area contributed by atoms with Crippen LogP contribution in [0.5, 0.6) is 5.75 Å². The van der Waals surface area contributed by atoms with E-state index in [-0.39, 0.29) is 17.7 Å². The van der Waals surface area contributed by atoms with Crippen LogP contribution in [0.2, 0.25) is 0 Å². The Morgan fingerprint density at radius 2 is 2.04 bits per heavy atom. The van der Waals surface area contributed by atoms with Crippen molar-refractivity contribution in [3.63, 3.8) is 0 Å². The number of primary amides is 1. The number of carbonyl (C=O) groups excluding carboxylic acids is 2. The molecule has 1 saturated heterocycles. The van der Waals surface area contributed by atoms with Crippen LogP contribution in [0.3, 0.4) is 0 Å². The van der Waals surface area contributed by atoms with Crippen molar-refractivity contribution >= 4 is 11.8 Å². The van der Waals surface area contributed by atoms with Gasteiger partial charge in [0.2, 0.25) is 5.91 Å². The van der Waals surface area contributed by atoms with Crippen molar-refractivity contribution in [2.45, 2.75) is 12.8 Å². The zero-order chi connectivity index (χ0) is 17.1. The van der Waals surface area contributed by atoms with E-state index in [1.54, 1.807) is 18.1 Å². The number of ether oxygens (including phenoxy) is 1. The van der Waals surface area contributed by atoms with Gasteiger partial charge in [-0.15, -0.1) is 0 Å². The van der Waals surface area contributed by atoms with Crippen molar-refractivity contribution in [3.8, 4) is 17.0 Å². The van der Waals surface area contributed by atoms with Gasteiger partial charge in [-0.25, -0.2) is 0 Å². The van der Waals surface area contributed by atoms with Gasteiger partial charge in [0.25, 0.3) is 5.91 Å². The van der Waals surface area contributed by atoms with Crippen LogP contribution in [0.25, 0.3) is 11.3 Å². The number of amides is 2. The van der Waals surface area contributed by atoms with Crippen LogP contribution in [-0.2, 0) is 4.79 Å². The number of carbonyl (C=O) groups is 2. The summed E-state index contributed by atoms with van der Waals surface area (Å²) in [4.78, 5) is 25.5. The van der Waals surface area contributed by atoms with Crippen molar-refractivity contribution in [2.75, 3.05) is 20.2 Å². The zero-order valence-electron chi connectivity index (χ0n) is 13.5. The SMILES string of the molecule is COc1cccc(-c2cc(C(=O)N3CCC(C(N)=O)CC3)[nH]n2)c1. The average molecular weight is 328 g/mol. The molecule has 1 aliphatic heterocycles. The smallest absolute Gasteiger partial charge is 0.271 e. The lowest BCUT2D eigenvalue weighted by Gasteiger charge is -2.30. The minimum Gasteiger partial charge on any atom is -0.497 e. The number of methoxy groups -OCH3 is 1. The fraction of sp³-hybridized carbons (Fsp3) is 0.353. The van der Waals surface area contributed by atoms with E-state index in [4.69, 9.17) is 10.5 Å². The molecule has 24 heavy (non-hydrogen) atoms. The van der Waals surface area contributed by atoms with Gasteiger partial charge in [0.05, 0.1) is 12.8 Å². The third kappa shape index (κ3) is 3.24. The number of likely N-dealkylation sites (tertiary alicyclic amines) is 1. The maximum Gasteiger partial charge on any atom is 0.271 e. The normalized spacial score (nSPS) is 15.3. The van der Waals surface area contributed by atoms with Crippen LogP contribution in [0.1, 0.15) is 23.3 Å². The van der Waals surface area contributed by atoms with Gasteiger partial charge in [0.15, 0.2) is 0 Å². The number of piperidine rings is 1. The molecule has 2 heterocycles. The number of aromatic amines is 1. The summed E-state index contributed by atoms with van der Waals surface area (Å²) in [6, 6.07) is 9.23. The lowest BCUT2D eigenvalue weighted by Crippen LogP contribution is -2.41. The molecular weight excluding hydrogens is 308 g/mol. The van der Waals surface area contributed by atoms with Gasteiger partial charge in [-0.05, 0) is 31.0 Å². The maximum atomic E-state index is 12.6. The van der Waals surface area contributed by atoms with Gasteiger partial charge in [0.1, 0.15) is 11.4 Å². The number of benzene rings is 1. The first-order valence-corrected chi connectivity index (χ1v) is 7.87. The summed E-state index contributed by atoms with van der Waals surface area (Å²) in [6.45, 7) is 1.06. The van der Waals surface area contributed by atoms with Crippen molar-refractivity contribution in [2.24, 2.45) is 11.7 Å². The van der Waals surface area contributed by atoms with Gasteiger partial charge in [0, 0.05) is 24.6 Å². The average Bonchev–Trinajstić information content (AvgIpc) is 3.11. The molecule has 1 aromatic heterocycles. The van der Waals surface area contributed by atoms with E-state index in [1.165, 1.54) is 0 Å². The van der Waals surface area contributed by atoms with E-state index in [0.717, 1.165) is 11.3 Å². The van der Waals surface area contributed by atoms with E-state index in [9.17, 15) is 9.59 Å². The van der Waals surface area contributed by atoms with Crippen molar-refractivity contribution < 1.29 is 14.3 Å². The Morgan fingerprint density at radius 1 is 1.29 bits per heavy atom. The van der Waals surface area contributed by atoms with E-state index in [0.29, 0.717) is 37.3 Å². The van der Waals surface area contributed by atoms with Crippen LogP contribution in [0.15, 0.2) is 30.3 Å². The molecule has 0 radical (unpaired) electrons. The summed E-state index contributed by atoms with van der Waals surface area (Å²) in [7, 11) is 1.61. The second kappa shape index (κ2) is 6.74. The Kier molecular flexibility index (Phi) is 4.50. The van der Waals surface area contributed by atoms with E-state index < -0.39 is 0 Å². The number of nitrogens with one attached hydrogen (secondary N) is 1. The summed E-state index contributed by atoms with van der Waals surface area (Å²) in [5.41, 5.74) is 7.31. The number of aromatic nitrogens is 2. The molecule has 1 aliphatic rings. The van der Waals surface area contributed by atoms with Crippen LogP contribution < -0.4 is 10.5 Å². The van der Waals surface area contributed by atoms with Gasteiger partial charge in [-0.3, -0.25) is 14.7 Å². The summed E-state index contributed by atoms with van der Waals surface area (Å²) in [5, 5.41) is 7.02. The Balaban J connectivity index is 1.71. The standard InChI is InChI=1S/C17H20N4O3/c1-24-13-4-2-3-12(9-13)14-10-15(20-19-14)17(23)21-7-5-11(6-8-21)16(18)22/h2-4,9-11H,5-8H2,1H3,(H2,18,22)(H,19,20). The molecule has 2 aromatic rings. The number of rotatable bonds is 4. The first-order valence-electron chi connectivity index (χ1n) is 7.87. The molecule has 1 fully saturated rings. The number of nitrogens with two attached hydrogens (primary N) is 1. The molecule has 7 nitrogen and oxygen atoms in total. The molecule has 0 atom stereocenters. The van der Waals surface area contributed by atoms with Gasteiger partial charge in [-0.2, -0.15) is 5.10 Å². The van der Waals surface area contributed by atoms with E-state index >= 15 is 0 Å². The summed E-state index contributed by atoms with van der Waals surface area (Å²) < 4.78 is 5.20. The molecule has 7 heteroatoms. The molecule has 0 spiro atoms. The fourth-order valence-electron chi connectivity index (χ4n) is 2.90. The molecule has 1 aromatic carbocycles. The lowest BCUT2D eigenvalue weighted by atomic mass is 9.96. The lowest BCUT2D eigenvalue weighted by molar-refractivity contribution is -0.123. The quantitative estimate of drug-likeness (QED) is 0.886. The minimum absolute atomic E-state index is 0.112. The molecule has 2 amide bonds. The van der Waals surface area contributed by atoms with Gasteiger partial charge >= 0.3 is 0 Å². The molecule has 3 rings (SSSR count). The predicted octanol–water partition coefficient (Wildman–Crippen LogP) is 1.42. The van der Waals surface area contributed by atoms with Gasteiger partial charge < -0.3 is 15.4 Å². The first-order chi connectivity index (χ1) is 11.6. The third-order valence-electron chi connectivity index (χ3n) is 4.36. The molecule has 3 N–H and O–H groups in total. The zero-order valence-corrected chi connectivity index (χ0v) is 13.5. The number of H-pyrrole nitrogens is 1. The van der Waals surface area contributed by atoms with Crippen molar-refractivity contribution in [3.05, 3.63) is 36.0 Å². The van der Waals surface area contributed by atoms with Gasteiger partial charge in [-0.1, -0.05) is 12.1 Å². The molecule has 0 aliphatic carbocycles. The largest absolute Gasteiger partial charge is 0.497 e. The van der Waals surface area contributed by atoms with Crippen molar-refractivity contribution in [1.29, 1.82) is 0 Å². The summed E-state index contributed by atoms with van der Waals surface area (Å²) in [6.07, 6.45) is 1.22. The number of nitrogens with zero attached hydrogens (tertiary/aromatic N) is 2. The molecule has 0 saturated carbocycles. The monoisotopic (exact) mass is 328 g/mol. The Morgan fingerprint density at radius 3 is 2.71 bits per heavy atom. The Hall–Kier alpha value is -2.83. The predicted molar refractivity (Wildman–Crippen MR) is 88.4 cm³/mol. The highest BCUT2D eigenvalue weighted by Gasteiger charge is 2.27. The third-order valence-corrected chi connectivity index (χ3v) is 4.36. The fourth-order valence-corrected chi connectivity index (χ4v) is 2.90. The molecular formula is C17H20N4O3. The molecule has 0 bridgehead atoms. The van der Waals surface area contributed by atoms with E-state index in [1.807, 2.05) is 24.3 Å². The maximum absolute atomic E-state index is 12.6. The number of hydrogen-bond acceptors (Lipinski definition) is 4. The highest BCUT2D eigenvalue weighted by atomic mass is 16.5. The van der Waals surface area contributed by atoms with Crippen LogP contribution in [-0.4, -0.2) is 47.1 Å². The highest BCUT2D eigenvalue weighted by Crippen LogP contribution is 2.24. The van der Waals surface area contributed by atoms with Crippen LogP contribution in [0.4, 0.5) is 0 Å². The van der Waals surface area contributed by atoms with E-state index in [2.05, 4.69) is 10.2 Å². The minimum atomic E-state index is -0.288. The topological polar surface area (TPSA) is 101 Å². The second-order valence-electron chi connectivity index (χ2n) is 5.87. The first kappa shape index (κ1) is 16.0. The summed E-state index contributed by atoms with van der Waals surface area (Å²) in [5.74, 6) is 0.198. The highest BCUT2D eigenvalue weighted by molar-refractivity contribution is 5.93. The summed E-state index contributed by atoms with van der Waals surface area (Å²) >= 11 is 0. The van der Waals surface area contributed by atoms with Crippen LogP contribution >= 0.6 is 0 Å². The van der Waals surface area contributed by atoms with Crippen molar-refractivity contribution in [1.82, 2.24) is 15.1 Å². The Labute approximate surface area is 139 Å². The number of hydrogen-bond donors (Lipinski definition) is 2.